The number of nitrogens with two attached hydrogens (primary N) is 2. The smallest absolute Gasteiger partial charge is 0.237 e. The largest absolute Gasteiger partial charge is 0.508 e. The molecular weight excluding hydrogens is 340 g/mol. The second kappa shape index (κ2) is 10.9. The van der Waals surface area contributed by atoms with Gasteiger partial charge in [0.15, 0.2) is 0 Å². The van der Waals surface area contributed by atoms with E-state index >= 15 is 0 Å². The average molecular weight is 366 g/mol. The highest BCUT2D eigenvalue weighted by molar-refractivity contribution is 5.87. The Labute approximate surface area is 151 Å². The lowest BCUT2D eigenvalue weighted by Crippen LogP contribution is -2.43. The third-order valence-electron chi connectivity index (χ3n) is 3.65. The van der Waals surface area contributed by atoms with Crippen molar-refractivity contribution < 1.29 is 24.6 Å². The fourth-order valence-electron chi connectivity index (χ4n) is 2.24. The van der Waals surface area contributed by atoms with Gasteiger partial charge in [-0.2, -0.15) is 0 Å². The molecule has 0 radical (unpaired) electrons. The van der Waals surface area contributed by atoms with Crippen LogP contribution in [0, 0.1) is 0 Å². The topological polar surface area (TPSA) is 168 Å². The molecule has 1 rings (SSSR count). The highest BCUT2D eigenvalue weighted by Gasteiger charge is 2.14. The molecule has 1 atom stereocenters. The Morgan fingerprint density at radius 2 is 1.69 bits per heavy atom. The first-order valence-electron chi connectivity index (χ1n) is 8.38. The van der Waals surface area contributed by atoms with Gasteiger partial charge in [-0.1, -0.05) is 6.07 Å². The van der Waals surface area contributed by atoms with Crippen LogP contribution in [0.4, 0.5) is 0 Å². The number of unbranched alkanes of at least 4 members (excludes halogenated alkanes) is 2. The van der Waals surface area contributed by atoms with Crippen LogP contribution in [-0.2, 0) is 20.8 Å². The lowest BCUT2D eigenvalue weighted by molar-refractivity contribution is -0.126. The summed E-state index contributed by atoms with van der Waals surface area (Å²) in [6.45, 7) is 0.910. The van der Waals surface area contributed by atoms with E-state index < -0.39 is 17.9 Å². The van der Waals surface area contributed by atoms with Gasteiger partial charge in [0.25, 0.3) is 0 Å². The fourth-order valence-corrected chi connectivity index (χ4v) is 2.24. The normalized spacial score (nSPS) is 11.6. The zero-order chi connectivity index (χ0) is 19.5. The highest BCUT2D eigenvalue weighted by atomic mass is 16.3. The summed E-state index contributed by atoms with van der Waals surface area (Å²) in [6.07, 6.45) is 2.07. The molecular formula is C17H26N4O5. The monoisotopic (exact) mass is 366 g/mol. The first kappa shape index (κ1) is 21.2. The van der Waals surface area contributed by atoms with Gasteiger partial charge in [-0.05, 0) is 25.3 Å². The molecule has 8 N–H and O–H groups in total. The molecule has 0 unspecified atom stereocenters. The SMILES string of the molecule is NC(=O)C[C@H](N)C(=O)NCCCCCNC(=O)Cc1ccc(O)cc1O. The van der Waals surface area contributed by atoms with Crippen molar-refractivity contribution in [3.8, 4) is 11.5 Å². The molecule has 9 nitrogen and oxygen atoms in total. The Kier molecular flexibility index (Phi) is 8.93. The van der Waals surface area contributed by atoms with Gasteiger partial charge < -0.3 is 32.3 Å². The van der Waals surface area contributed by atoms with Gasteiger partial charge in [0.05, 0.1) is 18.9 Å². The second-order valence-electron chi connectivity index (χ2n) is 5.97. The number of carbonyl (C=O) groups excluding carboxylic acids is 3. The van der Waals surface area contributed by atoms with Crippen LogP contribution in [0.15, 0.2) is 18.2 Å². The van der Waals surface area contributed by atoms with Crippen molar-refractivity contribution in [2.45, 2.75) is 38.1 Å². The molecule has 1 aromatic carbocycles. The first-order chi connectivity index (χ1) is 12.3. The van der Waals surface area contributed by atoms with Crippen molar-refractivity contribution in [2.75, 3.05) is 13.1 Å². The van der Waals surface area contributed by atoms with Gasteiger partial charge in [0.1, 0.15) is 11.5 Å². The highest BCUT2D eigenvalue weighted by Crippen LogP contribution is 2.22. The number of nitrogens with one attached hydrogen (secondary N) is 2. The fraction of sp³-hybridized carbons (Fsp3) is 0.471. The maximum atomic E-state index is 11.8. The van der Waals surface area contributed by atoms with Crippen molar-refractivity contribution in [1.82, 2.24) is 10.6 Å². The number of hydrogen-bond acceptors (Lipinski definition) is 6. The molecule has 0 aliphatic rings. The van der Waals surface area contributed by atoms with Crippen molar-refractivity contribution >= 4 is 17.7 Å². The van der Waals surface area contributed by atoms with Crippen LogP contribution in [0.1, 0.15) is 31.2 Å². The van der Waals surface area contributed by atoms with E-state index in [-0.39, 0.29) is 30.2 Å². The number of amides is 3. The minimum Gasteiger partial charge on any atom is -0.508 e. The van der Waals surface area contributed by atoms with Crippen LogP contribution in [0.25, 0.3) is 0 Å². The maximum absolute atomic E-state index is 11.8. The number of carbonyl (C=O) groups is 3. The molecule has 0 aliphatic heterocycles. The lowest BCUT2D eigenvalue weighted by Gasteiger charge is -2.10. The third-order valence-corrected chi connectivity index (χ3v) is 3.65. The number of hydrogen-bond donors (Lipinski definition) is 6. The summed E-state index contributed by atoms with van der Waals surface area (Å²) >= 11 is 0. The maximum Gasteiger partial charge on any atom is 0.237 e. The minimum atomic E-state index is -0.928. The summed E-state index contributed by atoms with van der Waals surface area (Å²) < 4.78 is 0. The molecule has 0 bridgehead atoms. The Morgan fingerprint density at radius 1 is 1.04 bits per heavy atom. The molecule has 9 heteroatoms. The van der Waals surface area contributed by atoms with E-state index in [0.29, 0.717) is 25.1 Å². The Hall–Kier alpha value is -2.81. The molecule has 144 valence electrons. The predicted molar refractivity (Wildman–Crippen MR) is 95.1 cm³/mol. The summed E-state index contributed by atoms with van der Waals surface area (Å²) in [5.41, 5.74) is 10.9. The molecule has 0 aromatic heterocycles. The average Bonchev–Trinajstić information content (AvgIpc) is 2.55. The van der Waals surface area contributed by atoms with Crippen molar-refractivity contribution in [2.24, 2.45) is 11.5 Å². The Morgan fingerprint density at radius 3 is 2.31 bits per heavy atom. The second-order valence-corrected chi connectivity index (χ2v) is 5.97. The van der Waals surface area contributed by atoms with Gasteiger partial charge >= 0.3 is 0 Å². The molecule has 0 spiro atoms. The predicted octanol–water partition coefficient (Wildman–Crippen LogP) is -0.754. The van der Waals surface area contributed by atoms with E-state index in [1.807, 2.05) is 0 Å². The minimum absolute atomic E-state index is 0.0277. The van der Waals surface area contributed by atoms with Crippen LogP contribution in [0.2, 0.25) is 0 Å². The van der Waals surface area contributed by atoms with Crippen LogP contribution in [0.3, 0.4) is 0 Å². The van der Waals surface area contributed by atoms with Gasteiger partial charge in [-0.15, -0.1) is 0 Å². The number of phenols is 2. The molecule has 0 saturated heterocycles. The molecule has 26 heavy (non-hydrogen) atoms. The van der Waals surface area contributed by atoms with Crippen LogP contribution >= 0.6 is 0 Å². The molecule has 0 heterocycles. The molecule has 1 aromatic rings. The quantitative estimate of drug-likeness (QED) is 0.282. The van der Waals surface area contributed by atoms with Crippen molar-refractivity contribution in [3.05, 3.63) is 23.8 Å². The van der Waals surface area contributed by atoms with E-state index in [9.17, 15) is 24.6 Å². The Balaban J connectivity index is 2.10. The van der Waals surface area contributed by atoms with Crippen molar-refractivity contribution in [3.63, 3.8) is 0 Å². The van der Waals surface area contributed by atoms with Gasteiger partial charge in [0.2, 0.25) is 17.7 Å². The zero-order valence-corrected chi connectivity index (χ0v) is 14.5. The van der Waals surface area contributed by atoms with Gasteiger partial charge in [-0.3, -0.25) is 14.4 Å². The van der Waals surface area contributed by atoms with E-state index in [0.717, 1.165) is 12.8 Å². The Bertz CT molecular complexity index is 636. The molecule has 3 amide bonds. The summed E-state index contributed by atoms with van der Waals surface area (Å²) in [6, 6.07) is 3.16. The molecule has 0 fully saturated rings. The third kappa shape index (κ3) is 8.34. The molecule has 0 saturated carbocycles. The summed E-state index contributed by atoms with van der Waals surface area (Å²) in [7, 11) is 0. The van der Waals surface area contributed by atoms with E-state index in [4.69, 9.17) is 11.5 Å². The number of aromatic hydroxyl groups is 2. The number of benzene rings is 1. The first-order valence-corrected chi connectivity index (χ1v) is 8.38. The number of phenolic OH excluding ortho intramolecular Hbond substituents is 2. The standard InChI is InChI=1S/C17H26N4O5/c18-13(10-15(19)24)17(26)21-7-3-1-2-6-20-16(25)8-11-4-5-12(22)9-14(11)23/h4-5,9,13,22-23H,1-3,6-8,10,18H2,(H2,19,24)(H,20,25)(H,21,26)/t13-/m0/s1. The zero-order valence-electron chi connectivity index (χ0n) is 14.5. The number of rotatable bonds is 11. The van der Waals surface area contributed by atoms with Crippen molar-refractivity contribution in [1.29, 1.82) is 0 Å². The summed E-state index contributed by atoms with van der Waals surface area (Å²) in [4.78, 5) is 34.0. The van der Waals surface area contributed by atoms with Gasteiger partial charge in [-0.25, -0.2) is 0 Å². The number of primary amides is 1. The van der Waals surface area contributed by atoms with Gasteiger partial charge in [0, 0.05) is 24.7 Å². The van der Waals surface area contributed by atoms with Crippen LogP contribution in [-0.4, -0.2) is 47.1 Å². The van der Waals surface area contributed by atoms with Crippen LogP contribution in [0.5, 0.6) is 11.5 Å². The molecule has 0 aliphatic carbocycles. The van der Waals surface area contributed by atoms with E-state index in [1.54, 1.807) is 0 Å². The summed E-state index contributed by atoms with van der Waals surface area (Å²) in [5.74, 6) is -1.44. The van der Waals surface area contributed by atoms with E-state index in [1.165, 1.54) is 18.2 Å². The lowest BCUT2D eigenvalue weighted by atomic mass is 10.1. The van der Waals surface area contributed by atoms with Crippen LogP contribution < -0.4 is 22.1 Å². The van der Waals surface area contributed by atoms with E-state index in [2.05, 4.69) is 10.6 Å². The summed E-state index contributed by atoms with van der Waals surface area (Å²) in [5, 5.41) is 24.2.